The Hall–Kier alpha value is -3.98. The van der Waals surface area contributed by atoms with Gasteiger partial charge in [-0.05, 0) is 47.5 Å². The zero-order valence-electron chi connectivity index (χ0n) is 16.0. The number of amides is 1. The van der Waals surface area contributed by atoms with E-state index in [9.17, 15) is 19.3 Å². The number of nitro groups is 1. The molecular weight excluding hydrogens is 419 g/mol. The number of nitro benzene ring substituents is 1. The van der Waals surface area contributed by atoms with Crippen molar-refractivity contribution in [2.45, 2.75) is 6.54 Å². The van der Waals surface area contributed by atoms with Gasteiger partial charge in [0.25, 0.3) is 11.6 Å². The number of nitrogens with zero attached hydrogens (tertiary/aromatic N) is 4. The lowest BCUT2D eigenvalue weighted by atomic mass is 10.2. The zero-order chi connectivity index (χ0) is 21.8. The van der Waals surface area contributed by atoms with E-state index < -0.39 is 10.7 Å². The number of hydrogen-bond donors (Lipinski definition) is 0. The fourth-order valence-corrected chi connectivity index (χ4v) is 3.88. The molecule has 0 unspecified atom stereocenters. The normalized spacial score (nSPS) is 11.1. The molecule has 4 rings (SSSR count). The third kappa shape index (κ3) is 4.62. The molecule has 1 amide bonds. The fraction of sp³-hybridized carbons (Fsp3) is 0.0455. The van der Waals surface area contributed by atoms with Crippen molar-refractivity contribution in [1.29, 1.82) is 0 Å². The Labute approximate surface area is 180 Å². The fourth-order valence-electron chi connectivity index (χ4n) is 2.90. The van der Waals surface area contributed by atoms with Crippen LogP contribution in [0.4, 0.5) is 15.2 Å². The maximum absolute atomic E-state index is 14.1. The van der Waals surface area contributed by atoms with Crippen molar-refractivity contribution in [2.24, 2.45) is 0 Å². The minimum absolute atomic E-state index is 0.0295. The monoisotopic (exact) mass is 434 g/mol. The van der Waals surface area contributed by atoms with Crippen molar-refractivity contribution < 1.29 is 14.1 Å². The Morgan fingerprint density at radius 2 is 1.97 bits per heavy atom. The molecule has 0 fully saturated rings. The maximum Gasteiger partial charge on any atom is 0.269 e. The van der Waals surface area contributed by atoms with E-state index in [0.717, 1.165) is 5.56 Å². The summed E-state index contributed by atoms with van der Waals surface area (Å²) in [4.78, 5) is 33.2. The average molecular weight is 434 g/mol. The van der Waals surface area contributed by atoms with Crippen LogP contribution in [-0.4, -0.2) is 20.8 Å². The molecule has 2 aromatic heterocycles. The Bertz CT molecular complexity index is 1270. The Kier molecular flexibility index (Phi) is 5.76. The van der Waals surface area contributed by atoms with Gasteiger partial charge in [-0.1, -0.05) is 23.5 Å². The van der Waals surface area contributed by atoms with Gasteiger partial charge in [0.15, 0.2) is 5.13 Å². The molecule has 31 heavy (non-hydrogen) atoms. The molecule has 7 nitrogen and oxygen atoms in total. The number of carbonyl (C=O) groups is 1. The lowest BCUT2D eigenvalue weighted by Crippen LogP contribution is -2.28. The van der Waals surface area contributed by atoms with Crippen LogP contribution in [0, 0.1) is 15.9 Å². The predicted octanol–water partition coefficient (Wildman–Crippen LogP) is 4.99. The zero-order valence-corrected chi connectivity index (χ0v) is 16.8. The minimum Gasteiger partial charge on any atom is -0.280 e. The van der Waals surface area contributed by atoms with Gasteiger partial charge in [-0.15, -0.1) is 0 Å². The molecule has 9 heteroatoms. The molecule has 2 aromatic carbocycles. The van der Waals surface area contributed by atoms with Gasteiger partial charge in [0.2, 0.25) is 0 Å². The number of aromatic nitrogens is 2. The number of carbonyl (C=O) groups excluding carboxylic acids is 1. The molecule has 0 radical (unpaired) electrons. The predicted molar refractivity (Wildman–Crippen MR) is 117 cm³/mol. The third-order valence-electron chi connectivity index (χ3n) is 4.44. The average Bonchev–Trinajstić information content (AvgIpc) is 3.22. The van der Waals surface area contributed by atoms with Gasteiger partial charge < -0.3 is 0 Å². The van der Waals surface area contributed by atoms with Crippen LogP contribution in [0.25, 0.3) is 16.3 Å². The van der Waals surface area contributed by atoms with E-state index in [1.165, 1.54) is 40.5 Å². The first-order chi connectivity index (χ1) is 15.0. The highest BCUT2D eigenvalue weighted by Crippen LogP contribution is 2.31. The molecule has 0 N–H and O–H groups in total. The molecule has 4 aromatic rings. The molecule has 0 spiro atoms. The van der Waals surface area contributed by atoms with Crippen LogP contribution in [0.2, 0.25) is 0 Å². The molecule has 0 saturated heterocycles. The summed E-state index contributed by atoms with van der Waals surface area (Å²) in [5, 5.41) is 11.1. The van der Waals surface area contributed by atoms with Crippen LogP contribution in [0.3, 0.4) is 0 Å². The van der Waals surface area contributed by atoms with Crippen molar-refractivity contribution in [3.05, 3.63) is 100 Å². The standard InChI is InChI=1S/C22H15FN4O3S/c23-18-4-1-5-19-21(18)25-22(31-19)26(14-16-3-2-12-24-13-16)20(28)11-8-15-6-9-17(10-7-15)27(29)30/h1-13H,14H2/b11-8-. The van der Waals surface area contributed by atoms with E-state index in [1.54, 1.807) is 48.8 Å². The van der Waals surface area contributed by atoms with E-state index in [2.05, 4.69) is 9.97 Å². The first-order valence-electron chi connectivity index (χ1n) is 9.19. The first-order valence-corrected chi connectivity index (χ1v) is 10.0. The second-order valence-corrected chi connectivity index (χ2v) is 7.56. The van der Waals surface area contributed by atoms with Gasteiger partial charge in [0.05, 0.1) is 16.2 Å². The summed E-state index contributed by atoms with van der Waals surface area (Å²) in [7, 11) is 0. The van der Waals surface area contributed by atoms with E-state index >= 15 is 0 Å². The van der Waals surface area contributed by atoms with Crippen LogP contribution < -0.4 is 4.90 Å². The Morgan fingerprint density at radius 3 is 2.65 bits per heavy atom. The Balaban J connectivity index is 1.65. The number of fused-ring (bicyclic) bond motifs is 1. The largest absolute Gasteiger partial charge is 0.280 e. The number of anilines is 1. The van der Waals surface area contributed by atoms with E-state index in [1.807, 2.05) is 6.07 Å². The van der Waals surface area contributed by atoms with Gasteiger partial charge in [0.1, 0.15) is 11.3 Å². The summed E-state index contributed by atoms with van der Waals surface area (Å²) >= 11 is 1.22. The minimum atomic E-state index is -0.486. The second-order valence-electron chi connectivity index (χ2n) is 6.55. The van der Waals surface area contributed by atoms with Gasteiger partial charge in [0, 0.05) is 30.6 Å². The Morgan fingerprint density at radius 1 is 1.16 bits per heavy atom. The molecule has 0 saturated carbocycles. The summed E-state index contributed by atoms with van der Waals surface area (Å²) < 4.78 is 14.8. The van der Waals surface area contributed by atoms with Crippen LogP contribution in [0.15, 0.2) is 73.1 Å². The summed E-state index contributed by atoms with van der Waals surface area (Å²) in [5.41, 5.74) is 1.61. The van der Waals surface area contributed by atoms with Crippen LogP contribution in [-0.2, 0) is 11.3 Å². The smallest absolute Gasteiger partial charge is 0.269 e. The number of thiazole rings is 1. The number of non-ortho nitro benzene ring substituents is 1. The van der Waals surface area contributed by atoms with Gasteiger partial charge in [-0.3, -0.25) is 24.8 Å². The van der Waals surface area contributed by atoms with Gasteiger partial charge in [-0.25, -0.2) is 9.37 Å². The van der Waals surface area contributed by atoms with E-state index in [0.29, 0.717) is 15.4 Å². The lowest BCUT2D eigenvalue weighted by Gasteiger charge is -2.18. The number of para-hydroxylation sites is 1. The summed E-state index contributed by atoms with van der Waals surface area (Å²) in [6.45, 7) is 0.207. The topological polar surface area (TPSA) is 89.2 Å². The van der Waals surface area contributed by atoms with Crippen LogP contribution >= 0.6 is 11.3 Å². The SMILES string of the molecule is O=C(/C=C\c1ccc([N+](=O)[O-])cc1)N(Cc1cccnc1)c1nc2c(F)cccc2s1. The van der Waals surface area contributed by atoms with Crippen molar-refractivity contribution in [3.63, 3.8) is 0 Å². The van der Waals surface area contributed by atoms with Gasteiger partial charge in [-0.2, -0.15) is 0 Å². The van der Waals surface area contributed by atoms with E-state index in [-0.39, 0.29) is 23.7 Å². The molecule has 0 atom stereocenters. The molecule has 154 valence electrons. The van der Waals surface area contributed by atoms with Crippen molar-refractivity contribution in [3.8, 4) is 0 Å². The number of benzene rings is 2. The van der Waals surface area contributed by atoms with Crippen LogP contribution in [0.5, 0.6) is 0 Å². The van der Waals surface area contributed by atoms with Crippen molar-refractivity contribution in [1.82, 2.24) is 9.97 Å². The molecule has 0 aliphatic rings. The summed E-state index contributed by atoms with van der Waals surface area (Å²) in [5.74, 6) is -0.808. The van der Waals surface area contributed by atoms with Crippen molar-refractivity contribution >= 4 is 44.4 Å². The summed E-state index contributed by atoms with van der Waals surface area (Å²) in [6, 6.07) is 14.1. The highest BCUT2D eigenvalue weighted by atomic mass is 32.1. The lowest BCUT2D eigenvalue weighted by molar-refractivity contribution is -0.384. The second kappa shape index (κ2) is 8.80. The van der Waals surface area contributed by atoms with E-state index in [4.69, 9.17) is 0 Å². The number of hydrogen-bond acceptors (Lipinski definition) is 6. The summed E-state index contributed by atoms with van der Waals surface area (Å²) in [6.07, 6.45) is 6.21. The molecule has 0 aliphatic heterocycles. The van der Waals surface area contributed by atoms with Gasteiger partial charge >= 0.3 is 0 Å². The van der Waals surface area contributed by atoms with Crippen LogP contribution in [0.1, 0.15) is 11.1 Å². The quantitative estimate of drug-likeness (QED) is 0.242. The molecular formula is C22H15FN4O3S. The first kappa shape index (κ1) is 20.3. The molecule has 2 heterocycles. The highest BCUT2D eigenvalue weighted by Gasteiger charge is 2.19. The molecule has 0 bridgehead atoms. The van der Waals surface area contributed by atoms with Crippen molar-refractivity contribution in [2.75, 3.05) is 4.90 Å². The third-order valence-corrected chi connectivity index (χ3v) is 5.48. The number of pyridine rings is 1. The number of rotatable bonds is 6. The highest BCUT2D eigenvalue weighted by molar-refractivity contribution is 7.22. The maximum atomic E-state index is 14.1. The molecule has 0 aliphatic carbocycles. The number of halogens is 1.